The van der Waals surface area contributed by atoms with Gasteiger partial charge in [0.2, 0.25) is 0 Å². The molecule has 0 fully saturated rings. The van der Waals surface area contributed by atoms with E-state index in [4.69, 9.17) is 0 Å². The molecule has 241 valence electrons. The third-order valence-corrected chi connectivity index (χ3v) is 9.59. The van der Waals surface area contributed by atoms with Gasteiger partial charge in [0.25, 0.3) is 0 Å². The number of hydrogen-bond donors (Lipinski definition) is 0. The fourth-order valence-electron chi connectivity index (χ4n) is 6.57. The molecule has 0 aliphatic rings. The molecule has 1 atom stereocenters. The van der Waals surface area contributed by atoms with Crippen LogP contribution in [0.2, 0.25) is 0 Å². The van der Waals surface area contributed by atoms with Crippen LogP contribution in [0.15, 0.2) is 0 Å². The Bertz CT molecular complexity index is 412. The van der Waals surface area contributed by atoms with Gasteiger partial charge in [0.1, 0.15) is 0 Å². The normalized spacial score (nSPS) is 12.4. The van der Waals surface area contributed by atoms with Crippen LogP contribution >= 0.6 is 0 Å². The SMILES string of the molecule is [CH2]CC(CCCCCCCCCCCCCCCC)CCCCCCCCCCCCCCCCCCCCC. The van der Waals surface area contributed by atoms with Crippen LogP contribution in [0.4, 0.5) is 0 Å². The molecule has 0 saturated heterocycles. The molecule has 0 aromatic heterocycles. The van der Waals surface area contributed by atoms with Crippen molar-refractivity contribution in [3.63, 3.8) is 0 Å². The van der Waals surface area contributed by atoms with Gasteiger partial charge in [-0.2, -0.15) is 0 Å². The van der Waals surface area contributed by atoms with Crippen molar-refractivity contribution >= 4 is 0 Å². The minimum Gasteiger partial charge on any atom is -0.0654 e. The van der Waals surface area contributed by atoms with Crippen molar-refractivity contribution < 1.29 is 0 Å². The van der Waals surface area contributed by atoms with Crippen LogP contribution in [0.3, 0.4) is 0 Å². The molecule has 0 heteroatoms. The van der Waals surface area contributed by atoms with E-state index in [1.54, 1.807) is 0 Å². The van der Waals surface area contributed by atoms with Gasteiger partial charge >= 0.3 is 0 Å². The predicted octanol–water partition coefficient (Wildman–Crippen LogP) is 15.5. The smallest absolute Gasteiger partial charge is 0.0414 e. The van der Waals surface area contributed by atoms with Gasteiger partial charge in [0, 0.05) is 0 Å². The molecular formula is C40H81. The summed E-state index contributed by atoms with van der Waals surface area (Å²) >= 11 is 0. The zero-order valence-corrected chi connectivity index (χ0v) is 28.7. The molecule has 0 N–H and O–H groups in total. The summed E-state index contributed by atoms with van der Waals surface area (Å²) in [6.07, 6.45) is 52.5. The van der Waals surface area contributed by atoms with Crippen LogP contribution in [0, 0.1) is 12.8 Å². The first kappa shape index (κ1) is 40.0. The van der Waals surface area contributed by atoms with E-state index in [-0.39, 0.29) is 0 Å². The van der Waals surface area contributed by atoms with Crippen LogP contribution in [0.5, 0.6) is 0 Å². The van der Waals surface area contributed by atoms with E-state index in [2.05, 4.69) is 20.8 Å². The topological polar surface area (TPSA) is 0 Å². The molecule has 0 aromatic carbocycles. The lowest BCUT2D eigenvalue weighted by Gasteiger charge is -2.14. The molecule has 0 nitrogen and oxygen atoms in total. The highest BCUT2D eigenvalue weighted by atomic mass is 14.1. The summed E-state index contributed by atoms with van der Waals surface area (Å²) in [6, 6.07) is 0. The summed E-state index contributed by atoms with van der Waals surface area (Å²) in [5.41, 5.74) is 0. The van der Waals surface area contributed by atoms with E-state index in [1.807, 2.05) is 0 Å². The molecule has 40 heavy (non-hydrogen) atoms. The van der Waals surface area contributed by atoms with Gasteiger partial charge in [0.15, 0.2) is 0 Å². The third-order valence-electron chi connectivity index (χ3n) is 9.59. The number of rotatable bonds is 36. The van der Waals surface area contributed by atoms with Crippen LogP contribution < -0.4 is 0 Å². The molecule has 0 bridgehead atoms. The maximum Gasteiger partial charge on any atom is -0.0414 e. The maximum atomic E-state index is 4.27. The highest BCUT2D eigenvalue weighted by molar-refractivity contribution is 4.62. The molecule has 0 spiro atoms. The Hall–Kier alpha value is 0. The lowest BCUT2D eigenvalue weighted by molar-refractivity contribution is 0.404. The molecule has 0 aliphatic heterocycles. The molecular weight excluding hydrogens is 480 g/mol. The van der Waals surface area contributed by atoms with Crippen molar-refractivity contribution in [2.24, 2.45) is 5.92 Å². The summed E-state index contributed by atoms with van der Waals surface area (Å²) in [6.45, 7) is 8.89. The average molecular weight is 562 g/mol. The second kappa shape index (κ2) is 37.0. The zero-order chi connectivity index (χ0) is 29.0. The second-order valence-corrected chi connectivity index (χ2v) is 13.7. The Morgan fingerprint density at radius 3 is 0.625 bits per heavy atom. The summed E-state index contributed by atoms with van der Waals surface area (Å²) in [7, 11) is 0. The first-order valence-corrected chi connectivity index (χ1v) is 19.6. The molecule has 0 aliphatic carbocycles. The van der Waals surface area contributed by atoms with E-state index < -0.39 is 0 Å². The lowest BCUT2D eigenvalue weighted by Crippen LogP contribution is -1.99. The lowest BCUT2D eigenvalue weighted by atomic mass is 9.92. The Kier molecular flexibility index (Phi) is 37.0. The van der Waals surface area contributed by atoms with Gasteiger partial charge in [-0.05, 0) is 5.92 Å². The summed E-state index contributed by atoms with van der Waals surface area (Å²) in [5, 5.41) is 0. The minimum absolute atomic E-state index is 0.906. The van der Waals surface area contributed by atoms with Crippen LogP contribution in [-0.2, 0) is 0 Å². The van der Waals surface area contributed by atoms with Crippen molar-refractivity contribution in [3.05, 3.63) is 6.92 Å². The minimum atomic E-state index is 0.906. The maximum absolute atomic E-state index is 4.27. The van der Waals surface area contributed by atoms with Gasteiger partial charge in [-0.25, -0.2) is 0 Å². The summed E-state index contributed by atoms with van der Waals surface area (Å²) < 4.78 is 0. The van der Waals surface area contributed by atoms with Crippen LogP contribution in [-0.4, -0.2) is 0 Å². The van der Waals surface area contributed by atoms with Gasteiger partial charge in [-0.15, -0.1) is 0 Å². The van der Waals surface area contributed by atoms with Crippen molar-refractivity contribution in [1.82, 2.24) is 0 Å². The van der Waals surface area contributed by atoms with Crippen LogP contribution in [0.1, 0.15) is 245 Å². The van der Waals surface area contributed by atoms with E-state index in [0.717, 1.165) is 12.3 Å². The molecule has 1 unspecified atom stereocenters. The number of hydrogen-bond acceptors (Lipinski definition) is 0. The van der Waals surface area contributed by atoms with Crippen molar-refractivity contribution in [3.8, 4) is 0 Å². The predicted molar refractivity (Wildman–Crippen MR) is 186 cm³/mol. The molecule has 0 amide bonds. The Balaban J connectivity index is 3.24. The average Bonchev–Trinajstić information content (AvgIpc) is 2.97. The monoisotopic (exact) mass is 562 g/mol. The van der Waals surface area contributed by atoms with E-state index in [1.165, 1.54) is 225 Å². The quantitative estimate of drug-likeness (QED) is 0.0667. The third kappa shape index (κ3) is 34.2. The van der Waals surface area contributed by atoms with E-state index in [9.17, 15) is 0 Å². The highest BCUT2D eigenvalue weighted by Gasteiger charge is 2.06. The van der Waals surface area contributed by atoms with Gasteiger partial charge in [-0.3, -0.25) is 0 Å². The first-order chi connectivity index (χ1) is 19.8. The molecule has 0 aromatic rings. The van der Waals surface area contributed by atoms with E-state index >= 15 is 0 Å². The molecule has 0 saturated carbocycles. The largest absolute Gasteiger partial charge is 0.0654 e. The second-order valence-electron chi connectivity index (χ2n) is 13.7. The summed E-state index contributed by atoms with van der Waals surface area (Å²) in [4.78, 5) is 0. The Labute approximate surface area is 257 Å². The van der Waals surface area contributed by atoms with Gasteiger partial charge < -0.3 is 0 Å². The van der Waals surface area contributed by atoms with E-state index in [0.29, 0.717) is 0 Å². The number of unbranched alkanes of at least 4 members (excludes halogenated alkanes) is 31. The van der Waals surface area contributed by atoms with Crippen molar-refractivity contribution in [1.29, 1.82) is 0 Å². The van der Waals surface area contributed by atoms with Gasteiger partial charge in [-0.1, -0.05) is 252 Å². The van der Waals surface area contributed by atoms with Gasteiger partial charge in [0.05, 0.1) is 0 Å². The van der Waals surface area contributed by atoms with Crippen LogP contribution in [0.25, 0.3) is 0 Å². The summed E-state index contributed by atoms with van der Waals surface area (Å²) in [5.74, 6) is 0.906. The Morgan fingerprint density at radius 2 is 0.450 bits per heavy atom. The zero-order valence-electron chi connectivity index (χ0n) is 28.7. The molecule has 1 radical (unpaired) electrons. The first-order valence-electron chi connectivity index (χ1n) is 19.6. The van der Waals surface area contributed by atoms with Crippen molar-refractivity contribution in [2.75, 3.05) is 0 Å². The Morgan fingerprint density at radius 1 is 0.275 bits per heavy atom. The highest BCUT2D eigenvalue weighted by Crippen LogP contribution is 2.22. The standard InChI is InChI=1S/C40H81/c1-4-7-9-11-13-15-17-19-21-22-23-24-25-27-29-31-33-35-37-39-40(6-3)38-36-34-32-30-28-26-20-18-16-14-12-10-8-5-2/h40H,3-39H2,1-2H3. The fraction of sp³-hybridized carbons (Fsp3) is 0.975. The fourth-order valence-corrected chi connectivity index (χ4v) is 6.57. The molecule has 0 rings (SSSR count). The molecule has 0 heterocycles. The van der Waals surface area contributed by atoms with Crippen molar-refractivity contribution in [2.45, 2.75) is 245 Å².